The van der Waals surface area contributed by atoms with Crippen molar-refractivity contribution in [3.8, 4) is 0 Å². The highest BCUT2D eigenvalue weighted by molar-refractivity contribution is 7.09. The average Bonchev–Trinajstić information content (AvgIpc) is 3.10. The Labute approximate surface area is 174 Å². The van der Waals surface area contributed by atoms with Crippen LogP contribution in [0.15, 0.2) is 10.4 Å². The molecule has 0 bridgehead atoms. The largest absolute Gasteiger partial charge is 0.385 e. The number of nitrogens with zero attached hydrogens (tertiary/aromatic N) is 4. The van der Waals surface area contributed by atoms with Gasteiger partial charge in [-0.2, -0.15) is 0 Å². The predicted octanol–water partition coefficient (Wildman–Crippen LogP) is 1.80. The minimum Gasteiger partial charge on any atom is -0.385 e. The monoisotopic (exact) mass is 410 g/mol. The van der Waals surface area contributed by atoms with Crippen molar-refractivity contribution in [1.29, 1.82) is 0 Å². The van der Waals surface area contributed by atoms with Crippen LogP contribution in [0.2, 0.25) is 0 Å². The molecule has 2 heterocycles. The Balaban J connectivity index is 1.57. The van der Waals surface area contributed by atoms with Crippen molar-refractivity contribution in [1.82, 2.24) is 25.4 Å². The summed E-state index contributed by atoms with van der Waals surface area (Å²) >= 11 is 1.74. The number of hydrogen-bond acceptors (Lipinski definition) is 6. The number of aromatic nitrogens is 1. The van der Waals surface area contributed by atoms with Gasteiger partial charge in [-0.15, -0.1) is 11.3 Å². The van der Waals surface area contributed by atoms with Gasteiger partial charge in [0.05, 0.1) is 10.7 Å². The van der Waals surface area contributed by atoms with Crippen molar-refractivity contribution in [2.75, 3.05) is 67.1 Å². The van der Waals surface area contributed by atoms with Crippen LogP contribution in [-0.2, 0) is 11.3 Å². The van der Waals surface area contributed by atoms with Gasteiger partial charge in [-0.3, -0.25) is 9.89 Å². The topological polar surface area (TPSA) is 65.0 Å². The van der Waals surface area contributed by atoms with E-state index in [0.717, 1.165) is 69.8 Å². The highest BCUT2D eigenvalue weighted by atomic mass is 32.1. The normalized spacial score (nSPS) is 16.7. The maximum absolute atomic E-state index is 5.10. The summed E-state index contributed by atoms with van der Waals surface area (Å²) in [6.45, 7) is 10.1. The third kappa shape index (κ3) is 8.86. The highest BCUT2D eigenvalue weighted by Gasteiger charge is 2.20. The quantitative estimate of drug-likeness (QED) is 0.329. The van der Waals surface area contributed by atoms with Crippen molar-refractivity contribution >= 4 is 17.3 Å². The minimum atomic E-state index is 0.712. The molecule has 2 N–H and O–H groups in total. The van der Waals surface area contributed by atoms with E-state index in [-0.39, 0.29) is 0 Å². The van der Waals surface area contributed by atoms with E-state index in [9.17, 15) is 0 Å². The van der Waals surface area contributed by atoms with Crippen molar-refractivity contribution < 1.29 is 4.74 Å². The number of likely N-dealkylation sites (tertiary alicyclic amines) is 1. The van der Waals surface area contributed by atoms with Crippen LogP contribution in [0.5, 0.6) is 0 Å². The summed E-state index contributed by atoms with van der Waals surface area (Å²) in [5, 5.41) is 10.3. The molecule has 1 saturated heterocycles. The highest BCUT2D eigenvalue weighted by Crippen LogP contribution is 2.19. The van der Waals surface area contributed by atoms with E-state index >= 15 is 0 Å². The first-order chi connectivity index (χ1) is 13.6. The summed E-state index contributed by atoms with van der Waals surface area (Å²) in [6.07, 6.45) is 3.53. The van der Waals surface area contributed by atoms with Crippen molar-refractivity contribution in [2.24, 2.45) is 10.9 Å². The molecule has 0 unspecified atom stereocenters. The Morgan fingerprint density at radius 1 is 1.36 bits per heavy atom. The lowest BCUT2D eigenvalue weighted by atomic mass is 9.97. The van der Waals surface area contributed by atoms with E-state index in [4.69, 9.17) is 4.74 Å². The van der Waals surface area contributed by atoms with Gasteiger partial charge in [-0.05, 0) is 52.2 Å². The van der Waals surface area contributed by atoms with Gasteiger partial charge in [0.25, 0.3) is 0 Å². The molecule has 0 aliphatic carbocycles. The molecule has 1 fully saturated rings. The number of aryl methyl sites for hydroxylation is 1. The molecule has 0 amide bonds. The van der Waals surface area contributed by atoms with E-state index in [1.807, 2.05) is 7.05 Å². The Morgan fingerprint density at radius 3 is 2.79 bits per heavy atom. The first-order valence-electron chi connectivity index (χ1n) is 10.4. The maximum Gasteiger partial charge on any atom is 0.191 e. The number of aliphatic imine (C=N–C) groups is 1. The van der Waals surface area contributed by atoms with Gasteiger partial charge in [0.1, 0.15) is 0 Å². The van der Waals surface area contributed by atoms with Crippen LogP contribution in [0, 0.1) is 12.8 Å². The second kappa shape index (κ2) is 13.1. The predicted molar refractivity (Wildman–Crippen MR) is 118 cm³/mol. The fraction of sp³-hybridized carbons (Fsp3) is 0.800. The molecule has 0 radical (unpaired) electrons. The number of thiazole rings is 1. The second-order valence-electron chi connectivity index (χ2n) is 7.61. The summed E-state index contributed by atoms with van der Waals surface area (Å²) < 4.78 is 5.10. The summed E-state index contributed by atoms with van der Waals surface area (Å²) in [6, 6.07) is 0. The minimum absolute atomic E-state index is 0.712. The van der Waals surface area contributed by atoms with Crippen molar-refractivity contribution in [3.05, 3.63) is 16.1 Å². The number of methoxy groups -OCH3 is 1. The second-order valence-corrected chi connectivity index (χ2v) is 8.67. The van der Waals surface area contributed by atoms with Gasteiger partial charge in [0, 0.05) is 58.9 Å². The molecule has 7 nitrogen and oxygen atoms in total. The van der Waals surface area contributed by atoms with Gasteiger partial charge in [-0.25, -0.2) is 4.98 Å². The molecular formula is C20H38N6OS. The number of likely N-dealkylation sites (N-methyl/N-ethyl adjacent to an activating group) is 1. The van der Waals surface area contributed by atoms with Gasteiger partial charge < -0.3 is 20.3 Å². The Hall–Kier alpha value is -1.22. The average molecular weight is 411 g/mol. The number of rotatable bonds is 11. The summed E-state index contributed by atoms with van der Waals surface area (Å²) in [4.78, 5) is 13.8. The number of hydrogen-bond donors (Lipinski definition) is 2. The number of piperidine rings is 1. The van der Waals surface area contributed by atoms with Crippen LogP contribution in [0.4, 0.5) is 0 Å². The Bertz CT molecular complexity index is 571. The molecule has 8 heteroatoms. The van der Waals surface area contributed by atoms with E-state index in [0.29, 0.717) is 5.92 Å². The molecule has 1 aromatic heterocycles. The van der Waals surface area contributed by atoms with Crippen LogP contribution >= 0.6 is 11.3 Å². The first-order valence-corrected chi connectivity index (χ1v) is 11.2. The SMILES string of the molecule is CN=C(NCCN(C)CCCOC)NCC1CCN(Cc2csc(C)n2)CC1. The van der Waals surface area contributed by atoms with E-state index in [2.05, 4.69) is 49.8 Å². The zero-order chi connectivity index (χ0) is 20.2. The molecule has 0 saturated carbocycles. The van der Waals surface area contributed by atoms with E-state index in [1.54, 1.807) is 18.4 Å². The van der Waals surface area contributed by atoms with E-state index < -0.39 is 0 Å². The molecule has 1 aromatic rings. The summed E-state index contributed by atoms with van der Waals surface area (Å²) in [5.74, 6) is 1.62. The molecule has 0 atom stereocenters. The lowest BCUT2D eigenvalue weighted by Gasteiger charge is -2.31. The first kappa shape index (κ1) is 23.1. The fourth-order valence-electron chi connectivity index (χ4n) is 3.48. The summed E-state index contributed by atoms with van der Waals surface area (Å²) in [5.41, 5.74) is 1.22. The molecule has 1 aliphatic heterocycles. The van der Waals surface area contributed by atoms with Gasteiger partial charge in [0.2, 0.25) is 0 Å². The molecule has 160 valence electrons. The zero-order valence-electron chi connectivity index (χ0n) is 18.0. The number of guanidine groups is 1. The van der Waals surface area contributed by atoms with Crippen molar-refractivity contribution in [2.45, 2.75) is 32.7 Å². The molecule has 0 spiro atoms. The van der Waals surface area contributed by atoms with Gasteiger partial charge in [-0.1, -0.05) is 0 Å². The van der Waals surface area contributed by atoms with Gasteiger partial charge >= 0.3 is 0 Å². The van der Waals surface area contributed by atoms with Crippen LogP contribution < -0.4 is 10.6 Å². The third-order valence-corrected chi connectivity index (χ3v) is 6.04. The molecule has 2 rings (SSSR count). The van der Waals surface area contributed by atoms with Crippen LogP contribution in [0.25, 0.3) is 0 Å². The van der Waals surface area contributed by atoms with Crippen LogP contribution in [0.3, 0.4) is 0 Å². The Kier molecular flexibility index (Phi) is 10.8. The molecule has 0 aromatic carbocycles. The Morgan fingerprint density at radius 2 is 2.14 bits per heavy atom. The number of ether oxygens (including phenoxy) is 1. The fourth-order valence-corrected chi connectivity index (χ4v) is 4.08. The van der Waals surface area contributed by atoms with Gasteiger partial charge in [0.15, 0.2) is 5.96 Å². The van der Waals surface area contributed by atoms with Crippen molar-refractivity contribution in [3.63, 3.8) is 0 Å². The van der Waals surface area contributed by atoms with Crippen LogP contribution in [-0.4, -0.2) is 87.8 Å². The van der Waals surface area contributed by atoms with Crippen LogP contribution in [0.1, 0.15) is 30.0 Å². The molecule has 1 aliphatic rings. The zero-order valence-corrected chi connectivity index (χ0v) is 18.9. The number of nitrogens with one attached hydrogen (secondary N) is 2. The maximum atomic E-state index is 5.10. The third-order valence-electron chi connectivity index (χ3n) is 5.22. The molecular weight excluding hydrogens is 372 g/mol. The van der Waals surface area contributed by atoms with E-state index in [1.165, 1.54) is 18.5 Å². The lowest BCUT2D eigenvalue weighted by Crippen LogP contribution is -2.44. The lowest BCUT2D eigenvalue weighted by molar-refractivity contribution is 0.176. The standard InChI is InChI=1S/C20H38N6OS/c1-17-24-19(16-28-17)15-26-10-6-18(7-11-26)14-23-20(21-2)22-8-12-25(3)9-5-13-27-4/h16,18H,5-15H2,1-4H3,(H2,21,22,23). The smallest absolute Gasteiger partial charge is 0.191 e. The summed E-state index contributed by atoms with van der Waals surface area (Å²) in [7, 11) is 5.74. The molecule has 28 heavy (non-hydrogen) atoms.